The van der Waals surface area contributed by atoms with E-state index in [9.17, 15) is 4.79 Å². The molecule has 0 aliphatic rings. The molecule has 4 nitrogen and oxygen atoms in total. The van der Waals surface area contributed by atoms with Crippen molar-refractivity contribution in [3.63, 3.8) is 0 Å². The van der Waals surface area contributed by atoms with Crippen molar-refractivity contribution in [2.24, 2.45) is 0 Å². The van der Waals surface area contributed by atoms with E-state index in [0.717, 1.165) is 21.5 Å². The lowest BCUT2D eigenvalue weighted by atomic mass is 10.2. The van der Waals surface area contributed by atoms with Crippen molar-refractivity contribution >= 4 is 38.7 Å². The van der Waals surface area contributed by atoms with Crippen LogP contribution in [0.3, 0.4) is 0 Å². The van der Waals surface area contributed by atoms with Gasteiger partial charge < -0.3 is 0 Å². The van der Waals surface area contributed by atoms with Gasteiger partial charge in [-0.15, -0.1) is 11.3 Å². The summed E-state index contributed by atoms with van der Waals surface area (Å²) in [4.78, 5) is 22.2. The number of hydrogen-bond donors (Lipinski definition) is 0. The maximum absolute atomic E-state index is 12.3. The minimum absolute atomic E-state index is 0.0627. The number of pyridine rings is 2. The summed E-state index contributed by atoms with van der Waals surface area (Å²) in [6.45, 7) is 1.87. The molecule has 1 amide bonds. The zero-order chi connectivity index (χ0) is 13.9. The highest BCUT2D eigenvalue weighted by molar-refractivity contribution is 7.17. The zero-order valence-corrected chi connectivity index (χ0v) is 11.8. The average Bonchev–Trinajstić information content (AvgIpc) is 2.92. The summed E-state index contributed by atoms with van der Waals surface area (Å²) in [5.74, 6) is 0.0627. The molecule has 3 aromatic heterocycles. The van der Waals surface area contributed by atoms with Gasteiger partial charge in [-0.2, -0.15) is 0 Å². The highest BCUT2D eigenvalue weighted by Gasteiger charge is 2.19. The molecule has 0 N–H and O–H groups in total. The Hall–Kier alpha value is -2.27. The van der Waals surface area contributed by atoms with Crippen molar-refractivity contribution in [3.05, 3.63) is 48.4 Å². The number of fused-ring (bicyclic) bond motifs is 1. The van der Waals surface area contributed by atoms with Crippen LogP contribution < -0.4 is 4.90 Å². The molecule has 0 unspecified atom stereocenters. The lowest BCUT2D eigenvalue weighted by molar-refractivity contribution is -0.117. The number of hydrogen-bond acceptors (Lipinski definition) is 4. The summed E-state index contributed by atoms with van der Waals surface area (Å²) in [5, 5.41) is 3.05. The normalized spacial score (nSPS) is 10.7. The molecule has 3 rings (SSSR count). The average molecular weight is 283 g/mol. The number of aromatic nitrogens is 2. The van der Waals surface area contributed by atoms with Crippen LogP contribution in [0.5, 0.6) is 0 Å². The highest BCUT2D eigenvalue weighted by atomic mass is 32.1. The second-order valence-corrected chi connectivity index (χ2v) is 5.19. The molecule has 0 saturated heterocycles. The first-order chi connectivity index (χ1) is 9.81. The van der Waals surface area contributed by atoms with E-state index in [-0.39, 0.29) is 5.91 Å². The fraction of sp³-hybridized carbons (Fsp3) is 0.133. The maximum Gasteiger partial charge on any atom is 0.231 e. The van der Waals surface area contributed by atoms with Crippen molar-refractivity contribution in [2.45, 2.75) is 13.3 Å². The Morgan fingerprint density at radius 3 is 2.70 bits per heavy atom. The first-order valence-corrected chi connectivity index (χ1v) is 7.23. The number of carbonyl (C=O) groups is 1. The van der Waals surface area contributed by atoms with Crippen LogP contribution in [-0.4, -0.2) is 15.9 Å². The summed E-state index contributed by atoms with van der Waals surface area (Å²) in [7, 11) is 0. The second kappa shape index (κ2) is 5.38. The topological polar surface area (TPSA) is 46.1 Å². The summed E-state index contributed by atoms with van der Waals surface area (Å²) >= 11 is 1.59. The number of amides is 1. The number of rotatable bonds is 3. The van der Waals surface area contributed by atoms with E-state index in [1.165, 1.54) is 0 Å². The largest absolute Gasteiger partial charge is 0.279 e. The maximum atomic E-state index is 12.3. The van der Waals surface area contributed by atoms with Crippen molar-refractivity contribution in [1.29, 1.82) is 0 Å². The van der Waals surface area contributed by atoms with Gasteiger partial charge in [-0.05, 0) is 18.2 Å². The summed E-state index contributed by atoms with van der Waals surface area (Å²) in [6.07, 6.45) is 7.41. The fourth-order valence-electron chi connectivity index (χ4n) is 2.11. The number of nitrogens with zero attached hydrogens (tertiary/aromatic N) is 3. The van der Waals surface area contributed by atoms with Gasteiger partial charge >= 0.3 is 0 Å². The third kappa shape index (κ3) is 2.16. The molecule has 3 aromatic rings. The Balaban J connectivity index is 2.17. The SMILES string of the molecule is CCC(=O)N(c1ccncc1)c1csc2cnccc12. The van der Waals surface area contributed by atoms with Crippen LogP contribution in [0.2, 0.25) is 0 Å². The lowest BCUT2D eigenvalue weighted by Gasteiger charge is -2.21. The smallest absolute Gasteiger partial charge is 0.231 e. The summed E-state index contributed by atoms with van der Waals surface area (Å²) < 4.78 is 1.07. The first kappa shape index (κ1) is 12.7. The summed E-state index contributed by atoms with van der Waals surface area (Å²) in [6, 6.07) is 5.63. The Kier molecular flexibility index (Phi) is 3.43. The van der Waals surface area contributed by atoms with Crippen molar-refractivity contribution < 1.29 is 4.79 Å². The molecule has 0 fully saturated rings. The Bertz CT molecular complexity index is 739. The van der Waals surface area contributed by atoms with E-state index < -0.39 is 0 Å². The molecule has 0 atom stereocenters. The molecule has 0 spiro atoms. The number of anilines is 2. The third-order valence-corrected chi connectivity index (χ3v) is 3.99. The molecule has 0 saturated carbocycles. The van der Waals surface area contributed by atoms with Gasteiger partial charge in [-0.3, -0.25) is 19.7 Å². The minimum Gasteiger partial charge on any atom is -0.279 e. The van der Waals surface area contributed by atoms with E-state index in [1.54, 1.807) is 34.8 Å². The molecule has 0 aliphatic carbocycles. The molecule has 0 radical (unpaired) electrons. The van der Waals surface area contributed by atoms with Crippen LogP contribution in [0.1, 0.15) is 13.3 Å². The minimum atomic E-state index is 0.0627. The Labute approximate surface area is 120 Å². The van der Waals surface area contributed by atoms with Crippen molar-refractivity contribution in [2.75, 3.05) is 4.90 Å². The van der Waals surface area contributed by atoms with E-state index in [1.807, 2.05) is 36.7 Å². The van der Waals surface area contributed by atoms with E-state index in [2.05, 4.69) is 9.97 Å². The molecular weight excluding hydrogens is 270 g/mol. The van der Waals surface area contributed by atoms with Gasteiger partial charge in [0.15, 0.2) is 0 Å². The zero-order valence-electron chi connectivity index (χ0n) is 11.0. The van der Waals surface area contributed by atoms with Crippen LogP contribution in [0.4, 0.5) is 11.4 Å². The van der Waals surface area contributed by atoms with Gasteiger partial charge in [0, 0.05) is 42.0 Å². The van der Waals surface area contributed by atoms with E-state index in [0.29, 0.717) is 6.42 Å². The second-order valence-electron chi connectivity index (χ2n) is 4.28. The highest BCUT2D eigenvalue weighted by Crippen LogP contribution is 2.36. The predicted octanol–water partition coefficient (Wildman–Crippen LogP) is 3.77. The van der Waals surface area contributed by atoms with Gasteiger partial charge in [0.2, 0.25) is 5.91 Å². The number of carbonyl (C=O) groups excluding carboxylic acids is 1. The van der Waals surface area contributed by atoms with Gasteiger partial charge in [0.25, 0.3) is 0 Å². The van der Waals surface area contributed by atoms with Gasteiger partial charge in [0.1, 0.15) is 0 Å². The third-order valence-electron chi connectivity index (χ3n) is 3.07. The molecule has 0 aromatic carbocycles. The molecule has 20 heavy (non-hydrogen) atoms. The predicted molar refractivity (Wildman–Crippen MR) is 81.3 cm³/mol. The van der Waals surface area contributed by atoms with Crippen LogP contribution in [0, 0.1) is 0 Å². The van der Waals surface area contributed by atoms with Crippen LogP contribution in [-0.2, 0) is 4.79 Å². The van der Waals surface area contributed by atoms with Gasteiger partial charge in [0.05, 0.1) is 16.1 Å². The standard InChI is InChI=1S/C15H13N3OS/c1-2-15(19)18(11-3-6-16-7-4-11)13-10-20-14-9-17-8-5-12(13)14/h3-10H,2H2,1H3. The van der Waals surface area contributed by atoms with Gasteiger partial charge in [-0.25, -0.2) is 0 Å². The first-order valence-electron chi connectivity index (χ1n) is 6.35. The Morgan fingerprint density at radius 2 is 1.95 bits per heavy atom. The molecular formula is C15H13N3OS. The Morgan fingerprint density at radius 1 is 1.20 bits per heavy atom. The van der Waals surface area contributed by atoms with Gasteiger partial charge in [-0.1, -0.05) is 6.92 Å². The van der Waals surface area contributed by atoms with Crippen molar-refractivity contribution in [3.8, 4) is 0 Å². The van der Waals surface area contributed by atoms with Crippen LogP contribution >= 0.6 is 11.3 Å². The van der Waals surface area contributed by atoms with E-state index in [4.69, 9.17) is 0 Å². The monoisotopic (exact) mass is 283 g/mol. The molecule has 0 bridgehead atoms. The summed E-state index contributed by atoms with van der Waals surface area (Å²) in [5.41, 5.74) is 1.74. The van der Waals surface area contributed by atoms with Crippen LogP contribution in [0.25, 0.3) is 10.1 Å². The molecule has 100 valence electrons. The lowest BCUT2D eigenvalue weighted by Crippen LogP contribution is -2.24. The molecule has 5 heteroatoms. The number of thiophene rings is 1. The van der Waals surface area contributed by atoms with E-state index >= 15 is 0 Å². The molecule has 3 heterocycles. The quantitative estimate of drug-likeness (QED) is 0.735. The van der Waals surface area contributed by atoms with Crippen LogP contribution in [0.15, 0.2) is 48.4 Å². The molecule has 0 aliphatic heterocycles. The van der Waals surface area contributed by atoms with Crippen molar-refractivity contribution in [1.82, 2.24) is 9.97 Å². The fourth-order valence-corrected chi connectivity index (χ4v) is 3.00.